The molecule has 1 saturated heterocycles. The van der Waals surface area contributed by atoms with Gasteiger partial charge in [0.2, 0.25) is 0 Å². The van der Waals surface area contributed by atoms with Gasteiger partial charge in [-0.3, -0.25) is 14.7 Å². The Morgan fingerprint density at radius 2 is 2.03 bits per heavy atom. The first-order valence-corrected chi connectivity index (χ1v) is 9.58. The minimum atomic E-state index is -0.0610. The van der Waals surface area contributed by atoms with Gasteiger partial charge in [0.1, 0.15) is 6.26 Å². The lowest BCUT2D eigenvalue weighted by Crippen LogP contribution is -2.52. The van der Waals surface area contributed by atoms with Crippen LogP contribution in [0.1, 0.15) is 21.6 Å². The molecule has 158 valence electrons. The number of rotatable bonds is 6. The fourth-order valence-electron chi connectivity index (χ4n) is 3.33. The van der Waals surface area contributed by atoms with Gasteiger partial charge in [0.05, 0.1) is 5.69 Å². The van der Waals surface area contributed by atoms with E-state index in [1.807, 2.05) is 37.4 Å². The van der Waals surface area contributed by atoms with Gasteiger partial charge in [0, 0.05) is 65.0 Å². The van der Waals surface area contributed by atoms with Crippen LogP contribution in [-0.4, -0.2) is 73.6 Å². The Kier molecular flexibility index (Phi) is 9.39. The molecule has 1 amide bonds. The number of halogens is 1. The molecular formula is C20H29IN6O2. The zero-order valence-corrected chi connectivity index (χ0v) is 19.3. The number of carbonyl (C=O) groups excluding carboxylic acids is 1. The highest BCUT2D eigenvalue weighted by Crippen LogP contribution is 2.08. The van der Waals surface area contributed by atoms with Gasteiger partial charge >= 0.3 is 0 Å². The molecule has 0 atom stereocenters. The number of aromatic nitrogens is 1. The molecule has 0 unspecified atom stereocenters. The predicted molar refractivity (Wildman–Crippen MR) is 124 cm³/mol. The van der Waals surface area contributed by atoms with E-state index in [9.17, 15) is 4.79 Å². The molecule has 0 bridgehead atoms. The number of hydrogen-bond donors (Lipinski definition) is 2. The number of guanidine groups is 1. The molecule has 8 nitrogen and oxygen atoms in total. The summed E-state index contributed by atoms with van der Waals surface area (Å²) in [6.45, 7) is 5.35. The SMILES string of the molecule is CN=C(NCCc1cccc(C(=O)NC)c1)N1CCN(Cc2ccon2)CC1.I. The van der Waals surface area contributed by atoms with Gasteiger partial charge in [0.25, 0.3) is 5.91 Å². The van der Waals surface area contributed by atoms with E-state index >= 15 is 0 Å². The maximum Gasteiger partial charge on any atom is 0.251 e. The van der Waals surface area contributed by atoms with E-state index in [1.54, 1.807) is 13.3 Å². The summed E-state index contributed by atoms with van der Waals surface area (Å²) < 4.78 is 4.90. The largest absolute Gasteiger partial charge is 0.364 e. The highest BCUT2D eigenvalue weighted by Gasteiger charge is 2.20. The average molecular weight is 512 g/mol. The molecule has 2 aromatic rings. The van der Waals surface area contributed by atoms with Crippen LogP contribution in [0.15, 0.2) is 46.1 Å². The monoisotopic (exact) mass is 512 g/mol. The topological polar surface area (TPSA) is 86.0 Å². The van der Waals surface area contributed by atoms with E-state index in [-0.39, 0.29) is 29.9 Å². The zero-order valence-electron chi connectivity index (χ0n) is 16.9. The van der Waals surface area contributed by atoms with E-state index in [0.717, 1.165) is 62.9 Å². The van der Waals surface area contributed by atoms with Crippen molar-refractivity contribution in [2.45, 2.75) is 13.0 Å². The molecule has 0 saturated carbocycles. The second kappa shape index (κ2) is 11.8. The van der Waals surface area contributed by atoms with E-state index in [2.05, 4.69) is 30.6 Å². The number of amides is 1. The van der Waals surface area contributed by atoms with Crippen molar-refractivity contribution in [2.24, 2.45) is 4.99 Å². The van der Waals surface area contributed by atoms with E-state index in [1.165, 1.54) is 0 Å². The molecule has 1 aromatic carbocycles. The van der Waals surface area contributed by atoms with Crippen molar-refractivity contribution in [3.05, 3.63) is 53.4 Å². The van der Waals surface area contributed by atoms with Crippen molar-refractivity contribution in [3.63, 3.8) is 0 Å². The number of carbonyl (C=O) groups is 1. The quantitative estimate of drug-likeness (QED) is 0.348. The molecule has 1 aliphatic rings. The van der Waals surface area contributed by atoms with Crippen LogP contribution in [0.3, 0.4) is 0 Å². The molecular weight excluding hydrogens is 483 g/mol. The lowest BCUT2D eigenvalue weighted by molar-refractivity contribution is 0.0963. The highest BCUT2D eigenvalue weighted by atomic mass is 127. The normalized spacial score (nSPS) is 15.0. The van der Waals surface area contributed by atoms with Gasteiger partial charge in [-0.25, -0.2) is 0 Å². The summed E-state index contributed by atoms with van der Waals surface area (Å²) >= 11 is 0. The van der Waals surface area contributed by atoms with Crippen LogP contribution in [0.4, 0.5) is 0 Å². The first-order valence-electron chi connectivity index (χ1n) is 9.58. The Morgan fingerprint density at radius 3 is 2.69 bits per heavy atom. The third-order valence-corrected chi connectivity index (χ3v) is 4.87. The fraction of sp³-hybridized carbons (Fsp3) is 0.450. The maximum absolute atomic E-state index is 11.8. The van der Waals surface area contributed by atoms with Crippen molar-refractivity contribution in [1.29, 1.82) is 0 Å². The second-order valence-electron chi connectivity index (χ2n) is 6.76. The van der Waals surface area contributed by atoms with Crippen LogP contribution in [-0.2, 0) is 13.0 Å². The maximum atomic E-state index is 11.8. The molecule has 0 aliphatic carbocycles. The lowest BCUT2D eigenvalue weighted by Gasteiger charge is -2.36. The van der Waals surface area contributed by atoms with Crippen molar-refractivity contribution < 1.29 is 9.32 Å². The Hall–Kier alpha value is -2.14. The van der Waals surface area contributed by atoms with E-state index in [0.29, 0.717) is 5.56 Å². The van der Waals surface area contributed by atoms with Crippen LogP contribution in [0.25, 0.3) is 0 Å². The third kappa shape index (κ3) is 6.70. The molecule has 1 aliphatic heterocycles. The first-order chi connectivity index (χ1) is 13.7. The summed E-state index contributed by atoms with van der Waals surface area (Å²) in [5.74, 6) is 0.859. The number of nitrogens with zero attached hydrogens (tertiary/aromatic N) is 4. The number of aliphatic imine (C=N–C) groups is 1. The number of piperazine rings is 1. The molecule has 9 heteroatoms. The smallest absolute Gasteiger partial charge is 0.251 e. The summed E-state index contributed by atoms with van der Waals surface area (Å²) in [6.07, 6.45) is 2.44. The van der Waals surface area contributed by atoms with Gasteiger partial charge in [-0.1, -0.05) is 17.3 Å². The Morgan fingerprint density at radius 1 is 1.24 bits per heavy atom. The minimum Gasteiger partial charge on any atom is -0.364 e. The zero-order chi connectivity index (χ0) is 19.8. The predicted octanol–water partition coefficient (Wildman–Crippen LogP) is 1.59. The van der Waals surface area contributed by atoms with Gasteiger partial charge in [-0.2, -0.15) is 0 Å². The van der Waals surface area contributed by atoms with Crippen molar-refractivity contribution in [1.82, 2.24) is 25.6 Å². The molecule has 0 radical (unpaired) electrons. The van der Waals surface area contributed by atoms with Crippen molar-refractivity contribution in [3.8, 4) is 0 Å². The summed E-state index contributed by atoms with van der Waals surface area (Å²) in [7, 11) is 3.46. The summed E-state index contributed by atoms with van der Waals surface area (Å²) in [4.78, 5) is 20.8. The summed E-state index contributed by atoms with van der Waals surface area (Å²) in [5.41, 5.74) is 2.78. The van der Waals surface area contributed by atoms with Crippen molar-refractivity contribution >= 4 is 35.8 Å². The van der Waals surface area contributed by atoms with Crippen LogP contribution < -0.4 is 10.6 Å². The van der Waals surface area contributed by atoms with Crippen molar-refractivity contribution in [2.75, 3.05) is 46.8 Å². The third-order valence-electron chi connectivity index (χ3n) is 4.87. The minimum absolute atomic E-state index is 0. The molecule has 3 rings (SSSR count). The Labute approximate surface area is 188 Å². The summed E-state index contributed by atoms with van der Waals surface area (Å²) in [6, 6.07) is 9.63. The fourth-order valence-corrected chi connectivity index (χ4v) is 3.33. The van der Waals surface area contributed by atoms with Gasteiger partial charge in [0.15, 0.2) is 5.96 Å². The molecule has 0 spiro atoms. The van der Waals surface area contributed by atoms with Crippen LogP contribution >= 0.6 is 24.0 Å². The lowest BCUT2D eigenvalue weighted by atomic mass is 10.1. The van der Waals surface area contributed by atoms with Crippen LogP contribution in [0.5, 0.6) is 0 Å². The van der Waals surface area contributed by atoms with Gasteiger partial charge in [-0.05, 0) is 24.1 Å². The van der Waals surface area contributed by atoms with E-state index in [4.69, 9.17) is 4.52 Å². The highest BCUT2D eigenvalue weighted by molar-refractivity contribution is 14.0. The van der Waals surface area contributed by atoms with Crippen LogP contribution in [0.2, 0.25) is 0 Å². The Bertz CT molecular complexity index is 788. The average Bonchev–Trinajstić information content (AvgIpc) is 3.25. The molecule has 2 heterocycles. The van der Waals surface area contributed by atoms with Gasteiger partial charge < -0.3 is 20.1 Å². The summed E-state index contributed by atoms with van der Waals surface area (Å²) in [5, 5.41) is 10.1. The van der Waals surface area contributed by atoms with Gasteiger partial charge in [-0.15, -0.1) is 24.0 Å². The van der Waals surface area contributed by atoms with Crippen LogP contribution in [0, 0.1) is 0 Å². The number of hydrogen-bond acceptors (Lipinski definition) is 5. The molecule has 2 N–H and O–H groups in total. The molecule has 1 aromatic heterocycles. The first kappa shape index (κ1) is 23.1. The Balaban J connectivity index is 0.00000300. The van der Waals surface area contributed by atoms with E-state index < -0.39 is 0 Å². The second-order valence-corrected chi connectivity index (χ2v) is 6.76. The number of benzene rings is 1. The standard InChI is InChI=1S/C20H28N6O2.HI/c1-21-19(27)17-5-3-4-16(14-17)6-8-23-20(22-2)26-11-9-25(10-12-26)15-18-7-13-28-24-18;/h3-5,7,13-14H,6,8-12,15H2,1-2H3,(H,21,27)(H,22,23);1H. The number of nitrogens with one attached hydrogen (secondary N) is 2. The molecule has 1 fully saturated rings. The molecule has 29 heavy (non-hydrogen) atoms.